The highest BCUT2D eigenvalue weighted by Gasteiger charge is 2.08. The van der Waals surface area contributed by atoms with Crippen LogP contribution in [0.4, 0.5) is 0 Å². The van der Waals surface area contributed by atoms with Gasteiger partial charge >= 0.3 is 0 Å². The summed E-state index contributed by atoms with van der Waals surface area (Å²) >= 11 is 0. The van der Waals surface area contributed by atoms with Gasteiger partial charge in [0.2, 0.25) is 0 Å². The van der Waals surface area contributed by atoms with Gasteiger partial charge in [0.25, 0.3) is 5.91 Å². The summed E-state index contributed by atoms with van der Waals surface area (Å²) in [6, 6.07) is 5.11. The molecule has 0 saturated carbocycles. The third kappa shape index (κ3) is 2.00. The van der Waals surface area contributed by atoms with Gasteiger partial charge in [-0.2, -0.15) is 0 Å². The Morgan fingerprint density at radius 1 is 1.29 bits per heavy atom. The highest BCUT2D eigenvalue weighted by atomic mass is 16.1. The molecule has 17 heavy (non-hydrogen) atoms. The minimum absolute atomic E-state index is 0.0850. The molecule has 0 aromatic carbocycles. The quantitative estimate of drug-likeness (QED) is 0.622. The molecule has 0 bridgehead atoms. The first-order valence-corrected chi connectivity index (χ1v) is 4.86. The Labute approximate surface area is 97.0 Å². The average molecular weight is 229 g/mol. The van der Waals surface area contributed by atoms with E-state index in [0.29, 0.717) is 5.56 Å². The Kier molecular flexibility index (Phi) is 2.61. The Balaban J connectivity index is 2.66. The molecular weight excluding hydrogens is 218 g/mol. The summed E-state index contributed by atoms with van der Waals surface area (Å²) in [5, 5.41) is 7.61. The molecule has 0 atom stereocenters. The fourth-order valence-corrected chi connectivity index (χ4v) is 1.50. The summed E-state index contributed by atoms with van der Waals surface area (Å²) in [7, 11) is 0. The van der Waals surface area contributed by atoms with Crippen LogP contribution < -0.4 is 17.1 Å². The maximum atomic E-state index is 11.2. The number of amides is 1. The largest absolute Gasteiger partial charge is 0.365 e. The molecule has 0 unspecified atom stereocenters. The van der Waals surface area contributed by atoms with E-state index < -0.39 is 5.91 Å². The van der Waals surface area contributed by atoms with Crippen molar-refractivity contribution >= 4 is 5.91 Å². The lowest BCUT2D eigenvalue weighted by Gasteiger charge is -2.07. The van der Waals surface area contributed by atoms with Gasteiger partial charge in [-0.25, -0.2) is 0 Å². The number of nitrogens with one attached hydrogen (secondary N) is 1. The number of pyridine rings is 2. The second-order valence-corrected chi connectivity index (χ2v) is 3.50. The SMILES string of the molecule is N=c1c(C(N)=O)cc(-c2ccncc2)cn1N. The molecule has 0 aliphatic carbocycles. The van der Waals surface area contributed by atoms with E-state index in [9.17, 15) is 4.79 Å². The van der Waals surface area contributed by atoms with Crippen LogP contribution in [0.15, 0.2) is 36.8 Å². The molecule has 0 saturated heterocycles. The molecule has 6 nitrogen and oxygen atoms in total. The highest BCUT2D eigenvalue weighted by Crippen LogP contribution is 2.16. The number of nitrogens with zero attached hydrogens (tertiary/aromatic N) is 2. The van der Waals surface area contributed by atoms with Crippen LogP contribution in [0, 0.1) is 5.41 Å². The summed E-state index contributed by atoms with van der Waals surface area (Å²) < 4.78 is 1.07. The van der Waals surface area contributed by atoms with Gasteiger partial charge in [0.05, 0.1) is 5.56 Å². The van der Waals surface area contributed by atoms with Crippen LogP contribution in [0.5, 0.6) is 0 Å². The van der Waals surface area contributed by atoms with Gasteiger partial charge in [0.1, 0.15) is 0 Å². The fourth-order valence-electron chi connectivity index (χ4n) is 1.50. The lowest BCUT2D eigenvalue weighted by molar-refractivity contribution is 0.0998. The summed E-state index contributed by atoms with van der Waals surface area (Å²) in [4.78, 5) is 15.1. The minimum atomic E-state index is -0.676. The van der Waals surface area contributed by atoms with Gasteiger partial charge in [0.15, 0.2) is 5.49 Å². The van der Waals surface area contributed by atoms with Crippen LogP contribution in [-0.4, -0.2) is 15.6 Å². The van der Waals surface area contributed by atoms with Crippen molar-refractivity contribution < 1.29 is 4.79 Å². The number of hydrogen-bond donors (Lipinski definition) is 3. The topological polar surface area (TPSA) is 111 Å². The number of carbonyl (C=O) groups is 1. The van der Waals surface area contributed by atoms with Crippen LogP contribution in [-0.2, 0) is 0 Å². The molecule has 0 radical (unpaired) electrons. The van der Waals surface area contributed by atoms with Crippen LogP contribution >= 0.6 is 0 Å². The standard InChI is InChI=1S/C11H11N5O/c12-10-9(11(13)17)5-8(6-16(10)14)7-1-3-15-4-2-7/h1-6,12H,14H2,(H2,13,17). The zero-order valence-corrected chi connectivity index (χ0v) is 8.92. The number of primary amides is 1. The molecule has 2 aromatic rings. The average Bonchev–Trinajstić information content (AvgIpc) is 2.33. The van der Waals surface area contributed by atoms with Crippen LogP contribution in [0.2, 0.25) is 0 Å². The fraction of sp³-hybridized carbons (Fsp3) is 0. The first-order chi connectivity index (χ1) is 8.09. The van der Waals surface area contributed by atoms with Crippen molar-refractivity contribution in [3.05, 3.63) is 47.8 Å². The third-order valence-electron chi connectivity index (χ3n) is 2.37. The van der Waals surface area contributed by atoms with E-state index in [-0.39, 0.29) is 11.1 Å². The Morgan fingerprint density at radius 3 is 2.53 bits per heavy atom. The number of carbonyl (C=O) groups excluding carboxylic acids is 1. The van der Waals surface area contributed by atoms with Crippen molar-refractivity contribution in [2.75, 3.05) is 5.84 Å². The first-order valence-electron chi connectivity index (χ1n) is 4.86. The van der Waals surface area contributed by atoms with E-state index in [1.54, 1.807) is 36.8 Å². The number of rotatable bonds is 2. The molecule has 0 fully saturated rings. The van der Waals surface area contributed by atoms with Crippen LogP contribution in [0.3, 0.4) is 0 Å². The maximum Gasteiger partial charge on any atom is 0.252 e. The summed E-state index contributed by atoms with van der Waals surface area (Å²) in [5.74, 6) is 4.93. The molecule has 0 aliphatic rings. The van der Waals surface area contributed by atoms with Crippen molar-refractivity contribution in [2.45, 2.75) is 0 Å². The smallest absolute Gasteiger partial charge is 0.252 e. The Morgan fingerprint density at radius 2 is 1.94 bits per heavy atom. The van der Waals surface area contributed by atoms with Crippen molar-refractivity contribution in [1.29, 1.82) is 5.41 Å². The summed E-state index contributed by atoms with van der Waals surface area (Å²) in [6.07, 6.45) is 4.83. The van der Waals surface area contributed by atoms with E-state index in [0.717, 1.165) is 10.2 Å². The normalized spacial score (nSPS) is 10.1. The zero-order chi connectivity index (χ0) is 12.4. The minimum Gasteiger partial charge on any atom is -0.365 e. The molecule has 86 valence electrons. The maximum absolute atomic E-state index is 11.2. The molecule has 2 aromatic heterocycles. The third-order valence-corrected chi connectivity index (χ3v) is 2.37. The predicted molar refractivity (Wildman–Crippen MR) is 62.2 cm³/mol. The second kappa shape index (κ2) is 4.09. The molecule has 2 heterocycles. The molecule has 0 spiro atoms. The van der Waals surface area contributed by atoms with E-state index >= 15 is 0 Å². The monoisotopic (exact) mass is 229 g/mol. The highest BCUT2D eigenvalue weighted by molar-refractivity contribution is 5.93. The molecule has 1 amide bonds. The lowest BCUT2D eigenvalue weighted by Crippen LogP contribution is -2.33. The molecular formula is C11H11N5O. The van der Waals surface area contributed by atoms with Gasteiger partial charge in [-0.3, -0.25) is 19.9 Å². The van der Waals surface area contributed by atoms with Gasteiger partial charge in [-0.1, -0.05) is 0 Å². The van der Waals surface area contributed by atoms with Crippen molar-refractivity contribution in [3.8, 4) is 11.1 Å². The predicted octanol–water partition coefficient (Wildman–Crippen LogP) is -0.158. The van der Waals surface area contributed by atoms with Gasteiger partial charge in [-0.15, -0.1) is 0 Å². The van der Waals surface area contributed by atoms with E-state index in [4.69, 9.17) is 17.0 Å². The summed E-state index contributed by atoms with van der Waals surface area (Å²) in [6.45, 7) is 0. The molecule has 2 rings (SSSR count). The number of nitrogen functional groups attached to an aromatic ring is 1. The van der Waals surface area contributed by atoms with Crippen LogP contribution in [0.1, 0.15) is 10.4 Å². The Bertz CT molecular complexity index is 618. The zero-order valence-electron chi connectivity index (χ0n) is 8.92. The second-order valence-electron chi connectivity index (χ2n) is 3.50. The molecule has 6 heteroatoms. The van der Waals surface area contributed by atoms with Gasteiger partial charge in [0, 0.05) is 24.2 Å². The van der Waals surface area contributed by atoms with Gasteiger partial charge in [-0.05, 0) is 23.8 Å². The van der Waals surface area contributed by atoms with E-state index in [1.165, 1.54) is 0 Å². The van der Waals surface area contributed by atoms with Crippen molar-refractivity contribution in [2.24, 2.45) is 5.73 Å². The Hall–Kier alpha value is -2.63. The number of aromatic nitrogens is 2. The van der Waals surface area contributed by atoms with Crippen molar-refractivity contribution in [1.82, 2.24) is 9.66 Å². The lowest BCUT2D eigenvalue weighted by atomic mass is 10.1. The number of nitrogens with two attached hydrogens (primary N) is 2. The van der Waals surface area contributed by atoms with Gasteiger partial charge < -0.3 is 11.6 Å². The van der Waals surface area contributed by atoms with E-state index in [2.05, 4.69) is 4.98 Å². The van der Waals surface area contributed by atoms with E-state index in [1.807, 2.05) is 0 Å². The summed E-state index contributed by atoms with van der Waals surface area (Å²) in [5.41, 5.74) is 6.72. The first kappa shape index (κ1) is 10.9. The van der Waals surface area contributed by atoms with Crippen molar-refractivity contribution in [3.63, 3.8) is 0 Å². The van der Waals surface area contributed by atoms with Crippen LogP contribution in [0.25, 0.3) is 11.1 Å². The molecule has 0 aliphatic heterocycles. The molecule has 5 N–H and O–H groups in total. The number of hydrogen-bond acceptors (Lipinski definition) is 4.